The van der Waals surface area contributed by atoms with E-state index in [9.17, 15) is 9.59 Å². The molecular formula is C15H14Cl2N4O2. The molecule has 0 fully saturated rings. The third kappa shape index (κ3) is 6.15. The number of nitrogens with zero attached hydrogens (tertiary/aromatic N) is 3. The molecule has 0 saturated heterocycles. The van der Waals surface area contributed by atoms with E-state index in [-0.39, 0.29) is 49.0 Å². The lowest BCUT2D eigenvalue weighted by Gasteiger charge is -2.20. The predicted molar refractivity (Wildman–Crippen MR) is 85.8 cm³/mol. The molecule has 23 heavy (non-hydrogen) atoms. The zero-order valence-electron chi connectivity index (χ0n) is 12.2. The Morgan fingerprint density at radius 3 is 2.22 bits per heavy atom. The van der Waals surface area contributed by atoms with E-state index in [1.54, 1.807) is 0 Å². The lowest BCUT2D eigenvalue weighted by molar-refractivity contribution is -0.130. The fourth-order valence-electron chi connectivity index (χ4n) is 1.74. The molecule has 0 aliphatic rings. The fraction of sp³-hybridized carbons (Fsp3) is 0.333. The van der Waals surface area contributed by atoms with Gasteiger partial charge in [-0.3, -0.25) is 9.59 Å². The van der Waals surface area contributed by atoms with Crippen LogP contribution in [0.3, 0.4) is 0 Å². The van der Waals surface area contributed by atoms with Gasteiger partial charge in [-0.05, 0) is 18.2 Å². The van der Waals surface area contributed by atoms with Crippen LogP contribution in [-0.2, 0) is 4.79 Å². The van der Waals surface area contributed by atoms with E-state index in [0.29, 0.717) is 5.02 Å². The maximum atomic E-state index is 12.1. The van der Waals surface area contributed by atoms with Crippen LogP contribution in [0.2, 0.25) is 10.0 Å². The van der Waals surface area contributed by atoms with E-state index >= 15 is 0 Å². The van der Waals surface area contributed by atoms with E-state index < -0.39 is 5.91 Å². The highest BCUT2D eigenvalue weighted by Crippen LogP contribution is 2.22. The Hall–Kier alpha value is -2.28. The van der Waals surface area contributed by atoms with Crippen LogP contribution in [-0.4, -0.2) is 36.3 Å². The van der Waals surface area contributed by atoms with Gasteiger partial charge in [0.25, 0.3) is 5.91 Å². The standard InChI is InChI=1S/C15H14Cl2N4O2/c16-12-4-3-11(9-13(12)17)15(23)20-10-14(22)21(7-1-5-18)8-2-6-19/h3-4,9H,1-2,7-8,10H2,(H,20,23). The third-order valence-electron chi connectivity index (χ3n) is 2.92. The van der Waals surface area contributed by atoms with E-state index in [1.807, 2.05) is 12.1 Å². The van der Waals surface area contributed by atoms with Crippen LogP contribution in [0.4, 0.5) is 0 Å². The second-order valence-corrected chi connectivity index (χ2v) is 5.32. The van der Waals surface area contributed by atoms with Gasteiger partial charge in [0.1, 0.15) is 0 Å². The van der Waals surface area contributed by atoms with Crippen molar-refractivity contribution in [3.8, 4) is 12.1 Å². The minimum absolute atomic E-state index is 0.165. The lowest BCUT2D eigenvalue weighted by atomic mass is 10.2. The molecule has 0 aromatic heterocycles. The maximum Gasteiger partial charge on any atom is 0.251 e. The van der Waals surface area contributed by atoms with Gasteiger partial charge in [-0.2, -0.15) is 10.5 Å². The smallest absolute Gasteiger partial charge is 0.251 e. The average molecular weight is 353 g/mol. The first-order chi connectivity index (χ1) is 11.0. The summed E-state index contributed by atoms with van der Waals surface area (Å²) in [6, 6.07) is 8.28. The minimum Gasteiger partial charge on any atom is -0.343 e. The quantitative estimate of drug-likeness (QED) is 0.814. The predicted octanol–water partition coefficient (Wildman–Crippen LogP) is 2.38. The molecule has 0 atom stereocenters. The van der Waals surface area contributed by atoms with Crippen molar-refractivity contribution >= 4 is 35.0 Å². The summed E-state index contributed by atoms with van der Waals surface area (Å²) in [6.07, 6.45) is 0.329. The zero-order chi connectivity index (χ0) is 17.2. The number of rotatable bonds is 7. The molecule has 0 spiro atoms. The van der Waals surface area contributed by atoms with Gasteiger partial charge in [-0.15, -0.1) is 0 Å². The summed E-state index contributed by atoms with van der Waals surface area (Å²) in [5.74, 6) is -0.818. The van der Waals surface area contributed by atoms with Gasteiger partial charge in [-0.1, -0.05) is 23.2 Å². The van der Waals surface area contributed by atoms with Crippen LogP contribution >= 0.6 is 23.2 Å². The van der Waals surface area contributed by atoms with Gasteiger partial charge in [0.05, 0.1) is 41.6 Å². The van der Waals surface area contributed by atoms with Crippen molar-refractivity contribution in [3.05, 3.63) is 33.8 Å². The zero-order valence-corrected chi connectivity index (χ0v) is 13.7. The van der Waals surface area contributed by atoms with Gasteiger partial charge < -0.3 is 10.2 Å². The molecule has 0 heterocycles. The molecule has 0 bridgehead atoms. The molecule has 1 aromatic carbocycles. The normalized spacial score (nSPS) is 9.57. The first kappa shape index (κ1) is 18.8. The summed E-state index contributed by atoms with van der Waals surface area (Å²) in [6.45, 7) is 0.218. The Morgan fingerprint density at radius 2 is 1.70 bits per heavy atom. The van der Waals surface area contributed by atoms with Crippen molar-refractivity contribution in [1.29, 1.82) is 10.5 Å². The molecule has 0 saturated carbocycles. The number of hydrogen-bond donors (Lipinski definition) is 1. The van der Waals surface area contributed by atoms with Crippen LogP contribution < -0.4 is 5.32 Å². The summed E-state index contributed by atoms with van der Waals surface area (Å²) in [5.41, 5.74) is 0.285. The molecule has 0 unspecified atom stereocenters. The van der Waals surface area contributed by atoms with Gasteiger partial charge in [0.15, 0.2) is 0 Å². The maximum absolute atomic E-state index is 12.1. The van der Waals surface area contributed by atoms with Crippen molar-refractivity contribution in [2.75, 3.05) is 19.6 Å². The summed E-state index contributed by atoms with van der Waals surface area (Å²) in [5, 5.41) is 20.2. The number of amides is 2. The average Bonchev–Trinajstić information content (AvgIpc) is 2.55. The summed E-state index contributed by atoms with van der Waals surface area (Å²) >= 11 is 11.6. The number of nitrogens with one attached hydrogen (secondary N) is 1. The molecule has 0 radical (unpaired) electrons. The first-order valence-corrected chi connectivity index (χ1v) is 7.50. The Morgan fingerprint density at radius 1 is 1.09 bits per heavy atom. The molecule has 1 aromatic rings. The molecule has 2 amide bonds. The van der Waals surface area contributed by atoms with E-state index in [4.69, 9.17) is 33.7 Å². The van der Waals surface area contributed by atoms with Gasteiger partial charge >= 0.3 is 0 Å². The minimum atomic E-state index is -0.461. The summed E-state index contributed by atoms with van der Waals surface area (Å²) in [4.78, 5) is 25.4. The van der Waals surface area contributed by atoms with E-state index in [0.717, 1.165) is 0 Å². The highest BCUT2D eigenvalue weighted by Gasteiger charge is 2.15. The van der Waals surface area contributed by atoms with Gasteiger partial charge in [0, 0.05) is 18.7 Å². The van der Waals surface area contributed by atoms with Crippen LogP contribution in [0.15, 0.2) is 18.2 Å². The Bertz CT molecular complexity index is 646. The van der Waals surface area contributed by atoms with Crippen molar-refractivity contribution < 1.29 is 9.59 Å². The van der Waals surface area contributed by atoms with Crippen LogP contribution in [0, 0.1) is 22.7 Å². The molecule has 1 rings (SSSR count). The fourth-order valence-corrected chi connectivity index (χ4v) is 2.04. The first-order valence-electron chi connectivity index (χ1n) is 6.74. The number of nitriles is 2. The molecule has 0 aliphatic carbocycles. The highest BCUT2D eigenvalue weighted by molar-refractivity contribution is 6.42. The van der Waals surface area contributed by atoms with Crippen molar-refractivity contribution in [1.82, 2.24) is 10.2 Å². The third-order valence-corrected chi connectivity index (χ3v) is 3.66. The Kier molecular flexibility index (Phi) is 7.90. The van der Waals surface area contributed by atoms with Crippen molar-refractivity contribution in [3.63, 3.8) is 0 Å². The number of halogens is 2. The van der Waals surface area contributed by atoms with E-state index in [2.05, 4.69) is 5.32 Å². The van der Waals surface area contributed by atoms with Gasteiger partial charge in [-0.25, -0.2) is 0 Å². The second-order valence-electron chi connectivity index (χ2n) is 4.51. The largest absolute Gasteiger partial charge is 0.343 e. The topological polar surface area (TPSA) is 97.0 Å². The Balaban J connectivity index is 2.61. The molecule has 0 aliphatic heterocycles. The monoisotopic (exact) mass is 352 g/mol. The number of benzene rings is 1. The summed E-state index contributed by atoms with van der Waals surface area (Å²) in [7, 11) is 0. The number of carbonyl (C=O) groups is 2. The van der Waals surface area contributed by atoms with E-state index in [1.165, 1.54) is 23.1 Å². The second kappa shape index (κ2) is 9.68. The number of hydrogen-bond acceptors (Lipinski definition) is 4. The molecule has 1 N–H and O–H groups in total. The molecule has 120 valence electrons. The molecule has 6 nitrogen and oxygen atoms in total. The van der Waals surface area contributed by atoms with Crippen molar-refractivity contribution in [2.24, 2.45) is 0 Å². The highest BCUT2D eigenvalue weighted by atomic mass is 35.5. The van der Waals surface area contributed by atoms with Crippen LogP contribution in [0.5, 0.6) is 0 Å². The van der Waals surface area contributed by atoms with Gasteiger partial charge in [0.2, 0.25) is 5.91 Å². The molecular weight excluding hydrogens is 339 g/mol. The van der Waals surface area contributed by atoms with Crippen molar-refractivity contribution in [2.45, 2.75) is 12.8 Å². The number of carbonyl (C=O) groups excluding carboxylic acids is 2. The Labute approximate surface area is 144 Å². The SMILES string of the molecule is N#CCCN(CCC#N)C(=O)CNC(=O)c1ccc(Cl)c(Cl)c1. The van der Waals surface area contributed by atoms with Crippen LogP contribution in [0.25, 0.3) is 0 Å². The van der Waals surface area contributed by atoms with Crippen LogP contribution in [0.1, 0.15) is 23.2 Å². The molecule has 8 heteroatoms. The summed E-state index contributed by atoms with van der Waals surface area (Å²) < 4.78 is 0. The lowest BCUT2D eigenvalue weighted by Crippen LogP contribution is -2.41.